The van der Waals surface area contributed by atoms with Gasteiger partial charge in [0.05, 0.1) is 12.7 Å². The summed E-state index contributed by atoms with van der Waals surface area (Å²) >= 11 is 0. The number of carbonyl (C=O) groups is 1. The Morgan fingerprint density at radius 1 is 1.42 bits per heavy atom. The molecule has 1 aliphatic carbocycles. The lowest BCUT2D eigenvalue weighted by atomic mass is 10.0. The summed E-state index contributed by atoms with van der Waals surface area (Å²) in [5.41, 5.74) is -1.02. The average molecular weight is 374 g/mol. The lowest BCUT2D eigenvalue weighted by Gasteiger charge is -2.25. The Morgan fingerprint density at radius 2 is 2.04 bits per heavy atom. The molecule has 0 radical (unpaired) electrons. The fraction of sp³-hybridized carbons (Fsp3) is 0.857. The SMILES string of the molecule is C/C=C\CCC1CC1(C)F.COC(=O)NCCC(C)(C)OCCC(C)C. The number of allylic oxidation sites excluding steroid dienone is 2. The number of methoxy groups -OCH3 is 1. The van der Waals surface area contributed by atoms with Crippen LogP contribution in [0.5, 0.6) is 0 Å². The number of carbonyl (C=O) groups excluding carboxylic acids is 1. The van der Waals surface area contributed by atoms with Crippen LogP contribution in [-0.4, -0.2) is 37.6 Å². The van der Waals surface area contributed by atoms with E-state index in [2.05, 4.69) is 30.0 Å². The third-order valence-corrected chi connectivity index (χ3v) is 4.62. The van der Waals surface area contributed by atoms with Crippen molar-refractivity contribution < 1.29 is 18.7 Å². The van der Waals surface area contributed by atoms with Crippen LogP contribution in [0, 0.1) is 11.8 Å². The number of hydrogen-bond acceptors (Lipinski definition) is 3. The summed E-state index contributed by atoms with van der Waals surface area (Å²) in [4.78, 5) is 10.8. The normalized spacial score (nSPS) is 22.1. The van der Waals surface area contributed by atoms with Gasteiger partial charge in [0.1, 0.15) is 5.67 Å². The van der Waals surface area contributed by atoms with Crippen LogP contribution in [0.2, 0.25) is 0 Å². The van der Waals surface area contributed by atoms with E-state index in [1.54, 1.807) is 6.92 Å². The van der Waals surface area contributed by atoms with E-state index in [1.807, 2.05) is 26.8 Å². The van der Waals surface area contributed by atoms with E-state index in [-0.39, 0.29) is 5.60 Å². The second kappa shape index (κ2) is 12.3. The number of alkyl halides is 1. The summed E-state index contributed by atoms with van der Waals surface area (Å²) in [5.74, 6) is 1.01. The van der Waals surface area contributed by atoms with Crippen LogP contribution >= 0.6 is 0 Å². The van der Waals surface area contributed by atoms with Crippen LogP contribution in [0.25, 0.3) is 0 Å². The van der Waals surface area contributed by atoms with Gasteiger partial charge in [-0.2, -0.15) is 0 Å². The van der Waals surface area contributed by atoms with Gasteiger partial charge in [-0.3, -0.25) is 0 Å². The molecule has 0 heterocycles. The van der Waals surface area contributed by atoms with E-state index < -0.39 is 11.8 Å². The molecule has 0 bridgehead atoms. The molecule has 26 heavy (non-hydrogen) atoms. The topological polar surface area (TPSA) is 47.6 Å². The van der Waals surface area contributed by atoms with Gasteiger partial charge in [0, 0.05) is 13.2 Å². The van der Waals surface area contributed by atoms with Crippen molar-refractivity contribution in [3.8, 4) is 0 Å². The summed E-state index contributed by atoms with van der Waals surface area (Å²) in [6.07, 6.45) is 8.43. The molecule has 0 aromatic carbocycles. The number of ether oxygens (including phenoxy) is 2. The monoisotopic (exact) mass is 373 g/mol. The van der Waals surface area contributed by atoms with Gasteiger partial charge >= 0.3 is 6.09 Å². The zero-order valence-electron chi connectivity index (χ0n) is 17.9. The second-order valence-corrected chi connectivity index (χ2v) is 8.28. The Balaban J connectivity index is 0.000000531. The van der Waals surface area contributed by atoms with Crippen molar-refractivity contribution in [2.24, 2.45) is 11.8 Å². The molecule has 0 aromatic heterocycles. The van der Waals surface area contributed by atoms with E-state index in [9.17, 15) is 9.18 Å². The third-order valence-electron chi connectivity index (χ3n) is 4.62. The van der Waals surface area contributed by atoms with E-state index in [0.29, 0.717) is 18.4 Å². The van der Waals surface area contributed by atoms with Gasteiger partial charge in [-0.05, 0) is 71.6 Å². The highest BCUT2D eigenvalue weighted by Gasteiger charge is 2.49. The van der Waals surface area contributed by atoms with Crippen molar-refractivity contribution in [1.82, 2.24) is 5.32 Å². The zero-order chi connectivity index (χ0) is 20.2. The first-order valence-electron chi connectivity index (χ1n) is 9.80. The lowest BCUT2D eigenvalue weighted by molar-refractivity contribution is -0.0270. The van der Waals surface area contributed by atoms with Crippen molar-refractivity contribution in [2.45, 2.75) is 84.9 Å². The Kier molecular flexibility index (Phi) is 11.8. The first kappa shape index (κ1) is 24.9. The molecule has 0 aromatic rings. The third kappa shape index (κ3) is 13.2. The smallest absolute Gasteiger partial charge is 0.406 e. The van der Waals surface area contributed by atoms with Crippen molar-refractivity contribution in [2.75, 3.05) is 20.3 Å². The van der Waals surface area contributed by atoms with Gasteiger partial charge in [-0.15, -0.1) is 0 Å². The van der Waals surface area contributed by atoms with Gasteiger partial charge in [0.2, 0.25) is 0 Å². The minimum atomic E-state index is -0.818. The summed E-state index contributed by atoms with van der Waals surface area (Å²) in [7, 11) is 1.36. The molecule has 1 N–H and O–H groups in total. The quantitative estimate of drug-likeness (QED) is 0.502. The molecule has 2 unspecified atom stereocenters. The molecule has 1 rings (SSSR count). The Labute approximate surface area is 159 Å². The van der Waals surface area contributed by atoms with Crippen LogP contribution in [0.15, 0.2) is 12.2 Å². The minimum Gasteiger partial charge on any atom is -0.453 e. The number of rotatable bonds is 10. The molecule has 0 aliphatic heterocycles. The molecule has 5 heteroatoms. The molecule has 154 valence electrons. The minimum absolute atomic E-state index is 0.199. The van der Waals surface area contributed by atoms with Crippen LogP contribution in [0.1, 0.15) is 73.6 Å². The Hall–Kier alpha value is -1.10. The number of alkyl carbamates (subject to hydrolysis) is 1. The summed E-state index contributed by atoms with van der Waals surface area (Å²) in [6.45, 7) is 13.5. The average Bonchev–Trinajstić information content (AvgIpc) is 3.14. The van der Waals surface area contributed by atoms with Crippen LogP contribution in [0.3, 0.4) is 0 Å². The van der Waals surface area contributed by atoms with Gasteiger partial charge in [-0.1, -0.05) is 26.0 Å². The van der Waals surface area contributed by atoms with Crippen molar-refractivity contribution in [3.63, 3.8) is 0 Å². The largest absolute Gasteiger partial charge is 0.453 e. The first-order chi connectivity index (χ1) is 12.0. The molecule has 4 nitrogen and oxygen atoms in total. The zero-order valence-corrected chi connectivity index (χ0v) is 17.9. The summed E-state index contributed by atoms with van der Waals surface area (Å²) in [6, 6.07) is 0. The predicted octanol–water partition coefficient (Wildman–Crippen LogP) is 5.66. The van der Waals surface area contributed by atoms with Crippen LogP contribution < -0.4 is 5.32 Å². The highest BCUT2D eigenvalue weighted by atomic mass is 19.1. The van der Waals surface area contributed by atoms with E-state index in [1.165, 1.54) is 7.11 Å². The van der Waals surface area contributed by atoms with E-state index in [0.717, 1.165) is 38.7 Å². The van der Waals surface area contributed by atoms with Gasteiger partial charge in [0.25, 0.3) is 0 Å². The van der Waals surface area contributed by atoms with E-state index in [4.69, 9.17) is 4.74 Å². The van der Waals surface area contributed by atoms with E-state index >= 15 is 0 Å². The molecule has 1 saturated carbocycles. The highest BCUT2D eigenvalue weighted by Crippen LogP contribution is 2.49. The molecule has 1 aliphatic rings. The fourth-order valence-electron chi connectivity index (χ4n) is 2.47. The highest BCUT2D eigenvalue weighted by molar-refractivity contribution is 5.66. The maximum absolute atomic E-state index is 12.9. The second-order valence-electron chi connectivity index (χ2n) is 8.28. The first-order valence-corrected chi connectivity index (χ1v) is 9.80. The van der Waals surface area contributed by atoms with Gasteiger partial charge in [-0.25, -0.2) is 9.18 Å². The molecule has 2 atom stereocenters. The standard InChI is InChI=1S/C12H25NO3.C9H15F/c1-10(2)6-9-16-12(3,4)7-8-13-11(14)15-5;1-3-4-5-6-8-7-9(8,2)10/h10H,6-9H2,1-5H3,(H,13,14);3-4,8H,5-7H2,1-2H3/b;4-3-. The van der Waals surface area contributed by atoms with Gasteiger partial charge in [0.15, 0.2) is 0 Å². The van der Waals surface area contributed by atoms with Crippen molar-refractivity contribution >= 4 is 6.09 Å². The Morgan fingerprint density at radius 3 is 2.50 bits per heavy atom. The predicted molar refractivity (Wildman–Crippen MR) is 106 cm³/mol. The molecular formula is C21H40FNO3. The summed E-state index contributed by atoms with van der Waals surface area (Å²) < 4.78 is 23.1. The molecule has 1 fully saturated rings. The summed E-state index contributed by atoms with van der Waals surface area (Å²) in [5, 5.41) is 2.65. The van der Waals surface area contributed by atoms with Crippen LogP contribution in [-0.2, 0) is 9.47 Å². The van der Waals surface area contributed by atoms with Crippen molar-refractivity contribution in [1.29, 1.82) is 0 Å². The lowest BCUT2D eigenvalue weighted by Crippen LogP contribution is -2.33. The number of halogens is 1. The van der Waals surface area contributed by atoms with Crippen LogP contribution in [0.4, 0.5) is 9.18 Å². The van der Waals surface area contributed by atoms with Gasteiger partial charge < -0.3 is 14.8 Å². The maximum Gasteiger partial charge on any atom is 0.406 e. The number of amides is 1. The molecule has 0 spiro atoms. The van der Waals surface area contributed by atoms with Crippen molar-refractivity contribution in [3.05, 3.63) is 12.2 Å². The fourth-order valence-corrected chi connectivity index (χ4v) is 2.47. The Bertz CT molecular complexity index is 419. The number of nitrogens with one attached hydrogen (secondary N) is 1. The maximum atomic E-state index is 12.9. The molecule has 1 amide bonds. The number of hydrogen-bond donors (Lipinski definition) is 1. The molecule has 0 saturated heterocycles. The molecular weight excluding hydrogens is 333 g/mol.